The predicted molar refractivity (Wildman–Crippen MR) is 99.9 cm³/mol. The van der Waals surface area contributed by atoms with Crippen LogP contribution in [0.5, 0.6) is 5.75 Å². The molecule has 0 heterocycles. The van der Waals surface area contributed by atoms with Crippen molar-refractivity contribution in [3.8, 4) is 5.75 Å². The summed E-state index contributed by atoms with van der Waals surface area (Å²) in [6, 6.07) is 8.71. The monoisotopic (exact) mass is 436 g/mol. The van der Waals surface area contributed by atoms with Gasteiger partial charge in [-0.05, 0) is 40.5 Å². The van der Waals surface area contributed by atoms with E-state index in [1.807, 2.05) is 0 Å². The van der Waals surface area contributed by atoms with Gasteiger partial charge in [-0.1, -0.05) is 12.1 Å². The smallest absolute Gasteiger partial charge is 0.311 e. The number of hydrazone groups is 1. The fourth-order valence-corrected chi connectivity index (χ4v) is 2.39. The summed E-state index contributed by atoms with van der Waals surface area (Å²) < 4.78 is 5.48. The van der Waals surface area contributed by atoms with Gasteiger partial charge in [0.05, 0.1) is 20.5 Å². The van der Waals surface area contributed by atoms with Crippen LogP contribution >= 0.6 is 15.9 Å². The van der Waals surface area contributed by atoms with Crippen LogP contribution in [0.1, 0.15) is 11.1 Å². The third-order valence-corrected chi connectivity index (χ3v) is 3.91. The average molecular weight is 437 g/mol. The summed E-state index contributed by atoms with van der Waals surface area (Å²) in [6.07, 6.45) is 1.23. The maximum absolute atomic E-state index is 11.7. The molecule has 10 nitrogen and oxygen atoms in total. The van der Waals surface area contributed by atoms with Crippen LogP contribution in [0.15, 0.2) is 46.0 Å². The zero-order valence-corrected chi connectivity index (χ0v) is 15.5. The van der Waals surface area contributed by atoms with E-state index in [4.69, 9.17) is 4.74 Å². The molecule has 0 bridgehead atoms. The van der Waals surface area contributed by atoms with Gasteiger partial charge in [0.2, 0.25) is 0 Å². The number of amides is 1. The van der Waals surface area contributed by atoms with Crippen LogP contribution in [0.3, 0.4) is 0 Å². The Labute approximate surface area is 161 Å². The van der Waals surface area contributed by atoms with E-state index in [1.54, 1.807) is 19.1 Å². The van der Waals surface area contributed by atoms with Crippen LogP contribution in [0.4, 0.5) is 11.4 Å². The molecule has 0 unspecified atom stereocenters. The molecule has 27 heavy (non-hydrogen) atoms. The summed E-state index contributed by atoms with van der Waals surface area (Å²) in [6.45, 7) is 1.21. The first-order chi connectivity index (χ1) is 12.8. The number of carbonyl (C=O) groups excluding carboxylic acids is 1. The standard InChI is InChI=1S/C16H13BrN4O6/c1-10-2-5-15(14(6-10)21(25)26)27-9-16(22)19-18-8-11-3-4-12(17)13(7-11)20(23)24/h2-8H,9H2,1H3,(H,19,22)/b18-8-. The van der Waals surface area contributed by atoms with Crippen molar-refractivity contribution in [3.63, 3.8) is 0 Å². The van der Waals surface area contributed by atoms with E-state index in [-0.39, 0.29) is 17.1 Å². The van der Waals surface area contributed by atoms with E-state index in [0.717, 1.165) is 0 Å². The number of hydrogen-bond acceptors (Lipinski definition) is 7. The number of aryl methyl sites for hydroxylation is 1. The summed E-state index contributed by atoms with van der Waals surface area (Å²) >= 11 is 3.07. The van der Waals surface area contributed by atoms with Crippen LogP contribution < -0.4 is 10.2 Å². The molecule has 0 saturated heterocycles. The molecule has 0 fully saturated rings. The van der Waals surface area contributed by atoms with Crippen molar-refractivity contribution in [3.05, 3.63) is 72.2 Å². The van der Waals surface area contributed by atoms with E-state index in [2.05, 4.69) is 26.5 Å². The van der Waals surface area contributed by atoms with Crippen molar-refractivity contribution in [2.75, 3.05) is 6.61 Å². The van der Waals surface area contributed by atoms with Crippen molar-refractivity contribution < 1.29 is 19.4 Å². The van der Waals surface area contributed by atoms with Crippen molar-refractivity contribution in [2.24, 2.45) is 5.10 Å². The first-order valence-corrected chi connectivity index (χ1v) is 8.21. The molecule has 2 rings (SSSR count). The zero-order valence-electron chi connectivity index (χ0n) is 13.9. The van der Waals surface area contributed by atoms with E-state index in [0.29, 0.717) is 15.6 Å². The molecule has 2 aromatic carbocycles. The Kier molecular flexibility index (Phi) is 6.55. The highest BCUT2D eigenvalue weighted by Gasteiger charge is 2.16. The third-order valence-electron chi connectivity index (χ3n) is 3.24. The number of ether oxygens (including phenoxy) is 1. The van der Waals surface area contributed by atoms with E-state index in [9.17, 15) is 25.0 Å². The highest BCUT2D eigenvalue weighted by molar-refractivity contribution is 9.10. The molecule has 0 atom stereocenters. The number of nitro groups is 2. The van der Waals surface area contributed by atoms with Gasteiger partial charge in [-0.3, -0.25) is 25.0 Å². The number of nitrogens with one attached hydrogen (secondary N) is 1. The molecule has 0 aliphatic heterocycles. The number of benzene rings is 2. The number of nitro benzene ring substituents is 2. The molecule has 1 N–H and O–H groups in total. The second-order valence-electron chi connectivity index (χ2n) is 5.28. The summed E-state index contributed by atoms with van der Waals surface area (Å²) in [5.41, 5.74) is 2.89. The van der Waals surface area contributed by atoms with Crippen molar-refractivity contribution in [2.45, 2.75) is 6.92 Å². The summed E-state index contributed by atoms with van der Waals surface area (Å²) in [7, 11) is 0. The molecule has 0 saturated carbocycles. The molecule has 0 spiro atoms. The Morgan fingerprint density at radius 2 is 1.89 bits per heavy atom. The van der Waals surface area contributed by atoms with Gasteiger partial charge in [-0.15, -0.1) is 0 Å². The summed E-state index contributed by atoms with van der Waals surface area (Å²) in [4.78, 5) is 32.5. The molecule has 0 aromatic heterocycles. The number of hydrogen-bond donors (Lipinski definition) is 1. The lowest BCUT2D eigenvalue weighted by Crippen LogP contribution is -2.24. The highest BCUT2D eigenvalue weighted by atomic mass is 79.9. The van der Waals surface area contributed by atoms with E-state index in [1.165, 1.54) is 30.5 Å². The third kappa shape index (κ3) is 5.57. The molecule has 2 aromatic rings. The molecule has 1 amide bonds. The molecule has 0 aliphatic rings. The van der Waals surface area contributed by atoms with Crippen LogP contribution in [0.2, 0.25) is 0 Å². The fourth-order valence-electron chi connectivity index (χ4n) is 2.00. The first kappa shape index (κ1) is 20.0. The average Bonchev–Trinajstić information content (AvgIpc) is 2.61. The minimum Gasteiger partial charge on any atom is -0.477 e. The zero-order chi connectivity index (χ0) is 20.0. The van der Waals surface area contributed by atoms with Gasteiger partial charge in [0.15, 0.2) is 12.4 Å². The van der Waals surface area contributed by atoms with Crippen LogP contribution in [-0.4, -0.2) is 28.6 Å². The van der Waals surface area contributed by atoms with Gasteiger partial charge in [-0.2, -0.15) is 5.10 Å². The topological polar surface area (TPSA) is 137 Å². The van der Waals surface area contributed by atoms with E-state index >= 15 is 0 Å². The van der Waals surface area contributed by atoms with Gasteiger partial charge >= 0.3 is 5.69 Å². The lowest BCUT2D eigenvalue weighted by atomic mass is 10.2. The predicted octanol–water partition coefficient (Wildman–Crippen LogP) is 3.10. The quantitative estimate of drug-likeness (QED) is 0.402. The largest absolute Gasteiger partial charge is 0.477 e. The normalized spacial score (nSPS) is 10.6. The second kappa shape index (κ2) is 8.85. The molecule has 140 valence electrons. The Morgan fingerprint density at radius 3 is 2.56 bits per heavy atom. The Hall–Kier alpha value is -3.34. The Morgan fingerprint density at radius 1 is 1.19 bits per heavy atom. The van der Waals surface area contributed by atoms with Crippen LogP contribution in [0.25, 0.3) is 0 Å². The minimum absolute atomic E-state index is 0.0340. The van der Waals surface area contributed by atoms with Gasteiger partial charge in [0.25, 0.3) is 11.6 Å². The van der Waals surface area contributed by atoms with Crippen LogP contribution in [-0.2, 0) is 4.79 Å². The molecule has 11 heteroatoms. The Balaban J connectivity index is 1.96. The van der Waals surface area contributed by atoms with Crippen molar-refractivity contribution >= 4 is 39.4 Å². The molecule has 0 radical (unpaired) electrons. The van der Waals surface area contributed by atoms with Gasteiger partial charge in [-0.25, -0.2) is 5.43 Å². The van der Waals surface area contributed by atoms with E-state index < -0.39 is 22.4 Å². The van der Waals surface area contributed by atoms with Crippen molar-refractivity contribution in [1.82, 2.24) is 5.43 Å². The fraction of sp³-hybridized carbons (Fsp3) is 0.125. The summed E-state index contributed by atoms with van der Waals surface area (Å²) in [5, 5.41) is 25.5. The highest BCUT2D eigenvalue weighted by Crippen LogP contribution is 2.27. The molecule has 0 aliphatic carbocycles. The summed E-state index contributed by atoms with van der Waals surface area (Å²) in [5.74, 6) is -0.680. The first-order valence-electron chi connectivity index (χ1n) is 7.41. The van der Waals surface area contributed by atoms with Gasteiger partial charge in [0.1, 0.15) is 0 Å². The maximum Gasteiger partial charge on any atom is 0.311 e. The SMILES string of the molecule is Cc1ccc(OCC(=O)N/N=C\c2ccc(Br)c([N+](=O)[O-])c2)c([N+](=O)[O-])c1. The lowest BCUT2D eigenvalue weighted by molar-refractivity contribution is -0.385. The van der Waals surface area contributed by atoms with Gasteiger partial charge in [0, 0.05) is 17.7 Å². The van der Waals surface area contributed by atoms with Gasteiger partial charge < -0.3 is 4.74 Å². The Bertz CT molecular complexity index is 931. The second-order valence-corrected chi connectivity index (χ2v) is 6.13. The number of nitrogens with zero attached hydrogens (tertiary/aromatic N) is 3. The maximum atomic E-state index is 11.7. The number of rotatable bonds is 7. The van der Waals surface area contributed by atoms with Crippen molar-refractivity contribution in [1.29, 1.82) is 0 Å². The minimum atomic E-state index is -0.646. The molecular weight excluding hydrogens is 424 g/mol. The van der Waals surface area contributed by atoms with Crippen LogP contribution in [0, 0.1) is 27.2 Å². The lowest BCUT2D eigenvalue weighted by Gasteiger charge is -2.06. The molecular formula is C16H13BrN4O6. The number of halogens is 1. The number of carbonyl (C=O) groups is 1.